The van der Waals surface area contributed by atoms with E-state index in [0.29, 0.717) is 22.7 Å². The van der Waals surface area contributed by atoms with Crippen molar-refractivity contribution in [2.45, 2.75) is 19.4 Å². The Kier molecular flexibility index (Phi) is 8.72. The van der Waals surface area contributed by atoms with Gasteiger partial charge in [0.05, 0.1) is 12.8 Å². The van der Waals surface area contributed by atoms with Crippen LogP contribution in [0.25, 0.3) is 0 Å². The number of nitrogens with two attached hydrogens (primary N) is 1. The van der Waals surface area contributed by atoms with E-state index in [4.69, 9.17) is 10.5 Å². The Morgan fingerprint density at radius 1 is 1.15 bits per heavy atom. The SMILES string of the molecule is COc1ccc(NC(=O)c2cccc(CN3CCCC3)c2)cc1N.Cl.Cl. The molecule has 1 aliphatic heterocycles. The number of methoxy groups -OCH3 is 1. The molecule has 3 rings (SSSR count). The Hall–Kier alpha value is -1.95. The smallest absolute Gasteiger partial charge is 0.255 e. The second-order valence-corrected chi connectivity index (χ2v) is 6.09. The Morgan fingerprint density at radius 3 is 2.54 bits per heavy atom. The molecule has 0 bridgehead atoms. The van der Waals surface area contributed by atoms with Gasteiger partial charge in [0.25, 0.3) is 5.91 Å². The molecule has 1 heterocycles. The molecule has 2 aromatic rings. The molecule has 1 fully saturated rings. The lowest BCUT2D eigenvalue weighted by molar-refractivity contribution is 0.102. The van der Waals surface area contributed by atoms with Crippen LogP contribution in [0.2, 0.25) is 0 Å². The van der Waals surface area contributed by atoms with Crippen molar-refractivity contribution in [1.29, 1.82) is 0 Å². The number of hydrogen-bond acceptors (Lipinski definition) is 4. The normalized spacial score (nSPS) is 13.4. The highest BCUT2D eigenvalue weighted by Gasteiger charge is 2.13. The van der Waals surface area contributed by atoms with Crippen LogP contribution in [0.1, 0.15) is 28.8 Å². The maximum atomic E-state index is 12.5. The van der Waals surface area contributed by atoms with Gasteiger partial charge in [-0.25, -0.2) is 0 Å². The third kappa shape index (κ3) is 5.53. The second kappa shape index (κ2) is 10.3. The van der Waals surface area contributed by atoms with Gasteiger partial charge in [0.2, 0.25) is 0 Å². The average molecular weight is 398 g/mol. The number of rotatable bonds is 5. The van der Waals surface area contributed by atoms with E-state index in [-0.39, 0.29) is 30.7 Å². The highest BCUT2D eigenvalue weighted by molar-refractivity contribution is 6.04. The summed E-state index contributed by atoms with van der Waals surface area (Å²) in [6, 6.07) is 13.0. The van der Waals surface area contributed by atoms with Crippen molar-refractivity contribution in [3.63, 3.8) is 0 Å². The maximum absolute atomic E-state index is 12.5. The van der Waals surface area contributed by atoms with Crippen LogP contribution in [-0.2, 0) is 6.54 Å². The highest BCUT2D eigenvalue weighted by Crippen LogP contribution is 2.25. The Morgan fingerprint density at radius 2 is 1.88 bits per heavy atom. The van der Waals surface area contributed by atoms with Gasteiger partial charge in [-0.1, -0.05) is 12.1 Å². The van der Waals surface area contributed by atoms with E-state index in [1.165, 1.54) is 18.4 Å². The number of nitrogens with one attached hydrogen (secondary N) is 1. The first-order chi connectivity index (χ1) is 11.7. The topological polar surface area (TPSA) is 67.6 Å². The van der Waals surface area contributed by atoms with E-state index in [1.807, 2.05) is 18.2 Å². The zero-order valence-electron chi connectivity index (χ0n) is 14.7. The molecule has 0 spiro atoms. The molecule has 0 radical (unpaired) electrons. The number of anilines is 2. The maximum Gasteiger partial charge on any atom is 0.255 e. The summed E-state index contributed by atoms with van der Waals surface area (Å²) >= 11 is 0. The van der Waals surface area contributed by atoms with E-state index < -0.39 is 0 Å². The molecule has 26 heavy (non-hydrogen) atoms. The molecule has 3 N–H and O–H groups in total. The molecule has 5 nitrogen and oxygen atoms in total. The van der Waals surface area contributed by atoms with Gasteiger partial charge in [-0.15, -0.1) is 24.8 Å². The number of benzene rings is 2. The molecule has 1 amide bonds. The molecule has 1 saturated heterocycles. The van der Waals surface area contributed by atoms with Crippen molar-refractivity contribution in [1.82, 2.24) is 4.90 Å². The van der Waals surface area contributed by atoms with Crippen LogP contribution in [0.5, 0.6) is 5.75 Å². The molecule has 7 heteroatoms. The molecule has 2 aromatic carbocycles. The standard InChI is InChI=1S/C19H23N3O2.2ClH/c1-24-18-8-7-16(12-17(18)20)21-19(23)15-6-4-5-14(11-15)13-22-9-2-3-10-22;;/h4-8,11-12H,2-3,9-10,13,20H2,1H3,(H,21,23);2*1H. The fraction of sp³-hybridized carbons (Fsp3) is 0.316. The average Bonchev–Trinajstić information content (AvgIpc) is 3.08. The summed E-state index contributed by atoms with van der Waals surface area (Å²) in [5.41, 5.74) is 8.85. The van der Waals surface area contributed by atoms with Crippen molar-refractivity contribution >= 4 is 42.1 Å². The van der Waals surface area contributed by atoms with Gasteiger partial charge in [-0.2, -0.15) is 0 Å². The van der Waals surface area contributed by atoms with Crippen LogP contribution in [-0.4, -0.2) is 31.0 Å². The van der Waals surface area contributed by atoms with Crippen LogP contribution >= 0.6 is 24.8 Å². The van der Waals surface area contributed by atoms with E-state index in [2.05, 4.69) is 16.3 Å². The summed E-state index contributed by atoms with van der Waals surface area (Å²) in [7, 11) is 1.57. The van der Waals surface area contributed by atoms with Crippen LogP contribution in [0, 0.1) is 0 Å². The van der Waals surface area contributed by atoms with Gasteiger partial charge < -0.3 is 15.8 Å². The summed E-state index contributed by atoms with van der Waals surface area (Å²) in [6.07, 6.45) is 2.53. The van der Waals surface area contributed by atoms with Gasteiger partial charge in [-0.05, 0) is 61.8 Å². The molecular formula is C19H25Cl2N3O2. The molecule has 0 aromatic heterocycles. The quantitative estimate of drug-likeness (QED) is 0.748. The molecule has 1 aliphatic rings. The Balaban J connectivity index is 0.00000169. The summed E-state index contributed by atoms with van der Waals surface area (Å²) in [4.78, 5) is 14.9. The molecule has 142 valence electrons. The number of likely N-dealkylation sites (tertiary alicyclic amines) is 1. The largest absolute Gasteiger partial charge is 0.495 e. The second-order valence-electron chi connectivity index (χ2n) is 6.09. The van der Waals surface area contributed by atoms with Crippen LogP contribution in [0.15, 0.2) is 42.5 Å². The predicted octanol–water partition coefficient (Wildman–Crippen LogP) is 3.97. The monoisotopic (exact) mass is 397 g/mol. The zero-order chi connectivity index (χ0) is 16.9. The predicted molar refractivity (Wildman–Crippen MR) is 111 cm³/mol. The third-order valence-corrected chi connectivity index (χ3v) is 4.28. The first-order valence-corrected chi connectivity index (χ1v) is 8.22. The number of nitrogen functional groups attached to an aromatic ring is 1. The van der Waals surface area contributed by atoms with Crippen molar-refractivity contribution in [2.24, 2.45) is 0 Å². The summed E-state index contributed by atoms with van der Waals surface area (Å²) in [6.45, 7) is 3.18. The van der Waals surface area contributed by atoms with Crippen molar-refractivity contribution in [2.75, 3.05) is 31.2 Å². The number of amides is 1. The first-order valence-electron chi connectivity index (χ1n) is 8.22. The minimum absolute atomic E-state index is 0. The van der Waals surface area contributed by atoms with E-state index >= 15 is 0 Å². The van der Waals surface area contributed by atoms with E-state index in [9.17, 15) is 4.79 Å². The third-order valence-electron chi connectivity index (χ3n) is 4.28. The minimum atomic E-state index is -0.136. The lowest BCUT2D eigenvalue weighted by Gasteiger charge is -2.15. The van der Waals surface area contributed by atoms with Gasteiger partial charge in [0, 0.05) is 17.8 Å². The zero-order valence-corrected chi connectivity index (χ0v) is 16.4. The highest BCUT2D eigenvalue weighted by atomic mass is 35.5. The molecule has 0 unspecified atom stereocenters. The van der Waals surface area contributed by atoms with Crippen molar-refractivity contribution < 1.29 is 9.53 Å². The summed E-state index contributed by atoms with van der Waals surface area (Å²) < 4.78 is 5.13. The number of nitrogens with zero attached hydrogens (tertiary/aromatic N) is 1. The number of carbonyl (C=O) groups excluding carboxylic acids is 1. The summed E-state index contributed by atoms with van der Waals surface area (Å²) in [5, 5.41) is 2.88. The molecule has 0 aliphatic carbocycles. The fourth-order valence-corrected chi connectivity index (χ4v) is 3.03. The number of halogens is 2. The molecule has 0 saturated carbocycles. The fourth-order valence-electron chi connectivity index (χ4n) is 3.03. The van der Waals surface area contributed by atoms with Crippen LogP contribution in [0.3, 0.4) is 0 Å². The minimum Gasteiger partial charge on any atom is -0.495 e. The molecular weight excluding hydrogens is 373 g/mol. The summed E-state index contributed by atoms with van der Waals surface area (Å²) in [5.74, 6) is 0.462. The van der Waals surface area contributed by atoms with Gasteiger partial charge in [-0.3, -0.25) is 9.69 Å². The van der Waals surface area contributed by atoms with Gasteiger partial charge in [0.1, 0.15) is 5.75 Å². The van der Waals surface area contributed by atoms with Crippen molar-refractivity contribution in [3.05, 3.63) is 53.6 Å². The van der Waals surface area contributed by atoms with E-state index in [1.54, 1.807) is 25.3 Å². The van der Waals surface area contributed by atoms with E-state index in [0.717, 1.165) is 19.6 Å². The lowest BCUT2D eigenvalue weighted by Crippen LogP contribution is -2.19. The Labute approximate surface area is 166 Å². The van der Waals surface area contributed by atoms with Gasteiger partial charge in [0.15, 0.2) is 0 Å². The van der Waals surface area contributed by atoms with Crippen LogP contribution in [0.4, 0.5) is 11.4 Å². The number of hydrogen-bond donors (Lipinski definition) is 2. The number of ether oxygens (including phenoxy) is 1. The Bertz CT molecular complexity index is 734. The van der Waals surface area contributed by atoms with Gasteiger partial charge >= 0.3 is 0 Å². The lowest BCUT2D eigenvalue weighted by atomic mass is 10.1. The first kappa shape index (κ1) is 22.1. The molecule has 0 atom stereocenters. The van der Waals surface area contributed by atoms with Crippen molar-refractivity contribution in [3.8, 4) is 5.75 Å². The number of carbonyl (C=O) groups is 1. The van der Waals surface area contributed by atoms with Crippen LogP contribution < -0.4 is 15.8 Å².